The molecule has 1 aromatic carbocycles. The second kappa shape index (κ2) is 3.87. The van der Waals surface area contributed by atoms with Gasteiger partial charge in [-0.3, -0.25) is 9.59 Å². The van der Waals surface area contributed by atoms with Crippen LogP contribution in [-0.4, -0.2) is 36.3 Å². The topological polar surface area (TPSA) is 49.4 Å². The molecule has 0 radical (unpaired) electrons. The van der Waals surface area contributed by atoms with Gasteiger partial charge in [-0.1, -0.05) is 24.3 Å². The fraction of sp³-hybridized carbons (Fsp3) is 0.385. The van der Waals surface area contributed by atoms with Gasteiger partial charge < -0.3 is 10.2 Å². The zero-order valence-corrected chi connectivity index (χ0v) is 9.48. The van der Waals surface area contributed by atoms with Gasteiger partial charge in [0, 0.05) is 13.1 Å². The Bertz CT molecular complexity index is 484. The first-order chi connectivity index (χ1) is 8.25. The number of nitrogens with one attached hydrogen (secondary N) is 1. The van der Waals surface area contributed by atoms with Gasteiger partial charge in [0.25, 0.3) is 0 Å². The van der Waals surface area contributed by atoms with Crippen LogP contribution in [0.4, 0.5) is 0 Å². The smallest absolute Gasteiger partial charge is 0.239 e. The summed E-state index contributed by atoms with van der Waals surface area (Å²) in [5.41, 5.74) is 2.38. The number of nitrogens with zero attached hydrogens (tertiary/aromatic N) is 1. The van der Waals surface area contributed by atoms with Gasteiger partial charge in [0.15, 0.2) is 0 Å². The average Bonchev–Trinajstić information content (AvgIpc) is 2.30. The fourth-order valence-electron chi connectivity index (χ4n) is 2.53. The lowest BCUT2D eigenvalue weighted by Gasteiger charge is -2.35. The Morgan fingerprint density at radius 2 is 2.18 bits per heavy atom. The third kappa shape index (κ3) is 1.69. The number of rotatable bonds is 1. The first-order valence-electron chi connectivity index (χ1n) is 5.89. The molecule has 2 amide bonds. The fourth-order valence-corrected chi connectivity index (χ4v) is 2.53. The number of amides is 2. The molecule has 1 aliphatic carbocycles. The first kappa shape index (κ1) is 10.3. The monoisotopic (exact) mass is 230 g/mol. The van der Waals surface area contributed by atoms with Crippen LogP contribution < -0.4 is 5.32 Å². The maximum absolute atomic E-state index is 12.2. The molecule has 1 atom stereocenters. The molecule has 2 aliphatic rings. The molecule has 4 heteroatoms. The van der Waals surface area contributed by atoms with Crippen LogP contribution >= 0.6 is 0 Å². The number of piperazine rings is 1. The summed E-state index contributed by atoms with van der Waals surface area (Å²) in [5.74, 6) is 0.00728. The van der Waals surface area contributed by atoms with Gasteiger partial charge >= 0.3 is 0 Å². The molecule has 0 spiro atoms. The highest BCUT2D eigenvalue weighted by atomic mass is 16.2. The number of benzene rings is 1. The minimum atomic E-state index is -0.0581. The van der Waals surface area contributed by atoms with Crippen LogP contribution in [0.2, 0.25) is 0 Å². The molecule has 1 unspecified atom stereocenters. The summed E-state index contributed by atoms with van der Waals surface area (Å²) in [4.78, 5) is 25.1. The van der Waals surface area contributed by atoms with E-state index in [0.717, 1.165) is 12.0 Å². The normalized spacial score (nSPS) is 22.5. The van der Waals surface area contributed by atoms with Crippen LogP contribution in [0, 0.1) is 0 Å². The molecule has 1 aliphatic heterocycles. The van der Waals surface area contributed by atoms with E-state index in [4.69, 9.17) is 0 Å². The maximum atomic E-state index is 12.2. The van der Waals surface area contributed by atoms with Crippen molar-refractivity contribution in [1.82, 2.24) is 10.2 Å². The highest BCUT2D eigenvalue weighted by Crippen LogP contribution is 2.36. The van der Waals surface area contributed by atoms with Crippen molar-refractivity contribution in [3.05, 3.63) is 35.4 Å². The molecule has 17 heavy (non-hydrogen) atoms. The number of carbonyl (C=O) groups is 2. The van der Waals surface area contributed by atoms with Crippen LogP contribution in [0.15, 0.2) is 24.3 Å². The molecule has 88 valence electrons. The van der Waals surface area contributed by atoms with E-state index in [1.807, 2.05) is 18.2 Å². The quantitative estimate of drug-likeness (QED) is 0.753. The van der Waals surface area contributed by atoms with Crippen molar-refractivity contribution in [3.8, 4) is 0 Å². The van der Waals surface area contributed by atoms with E-state index in [2.05, 4.69) is 11.4 Å². The minimum absolute atomic E-state index is 0.0305. The molecule has 3 rings (SSSR count). The second-order valence-corrected chi connectivity index (χ2v) is 4.57. The van der Waals surface area contributed by atoms with Gasteiger partial charge in [0.2, 0.25) is 11.8 Å². The van der Waals surface area contributed by atoms with Gasteiger partial charge in [-0.05, 0) is 17.5 Å². The molecular formula is C13H14N2O2. The van der Waals surface area contributed by atoms with Gasteiger partial charge in [-0.2, -0.15) is 0 Å². The third-order valence-corrected chi connectivity index (χ3v) is 3.50. The molecule has 1 heterocycles. The van der Waals surface area contributed by atoms with E-state index >= 15 is 0 Å². The molecule has 4 nitrogen and oxygen atoms in total. The molecule has 1 aromatic rings. The number of hydrogen-bond donors (Lipinski definition) is 1. The Hall–Kier alpha value is -1.84. The van der Waals surface area contributed by atoms with Gasteiger partial charge in [-0.15, -0.1) is 0 Å². The van der Waals surface area contributed by atoms with E-state index in [-0.39, 0.29) is 24.3 Å². The predicted octanol–water partition coefficient (Wildman–Crippen LogP) is 0.285. The van der Waals surface area contributed by atoms with Crippen molar-refractivity contribution >= 4 is 11.8 Å². The molecule has 0 saturated carbocycles. The molecule has 1 fully saturated rings. The van der Waals surface area contributed by atoms with E-state index in [0.29, 0.717) is 13.1 Å². The third-order valence-electron chi connectivity index (χ3n) is 3.50. The van der Waals surface area contributed by atoms with Gasteiger partial charge in [0.1, 0.15) is 0 Å². The van der Waals surface area contributed by atoms with Gasteiger partial charge in [0.05, 0.1) is 12.5 Å². The Kier molecular flexibility index (Phi) is 2.35. The lowest BCUT2D eigenvalue weighted by molar-refractivity contribution is -0.139. The average molecular weight is 230 g/mol. The molecular weight excluding hydrogens is 216 g/mol. The summed E-state index contributed by atoms with van der Waals surface area (Å²) >= 11 is 0. The number of fused-ring (bicyclic) bond motifs is 1. The predicted molar refractivity (Wildman–Crippen MR) is 62.5 cm³/mol. The number of carbonyl (C=O) groups excluding carboxylic acids is 2. The standard InChI is InChI=1S/C13H14N2O2/c16-12-8-15(6-5-14-12)13(17)11-7-9-3-1-2-4-10(9)11/h1-4,11H,5-8H2,(H,14,16). The van der Waals surface area contributed by atoms with Crippen LogP contribution in [0.25, 0.3) is 0 Å². The van der Waals surface area contributed by atoms with Crippen molar-refractivity contribution < 1.29 is 9.59 Å². The highest BCUT2D eigenvalue weighted by molar-refractivity contribution is 5.91. The van der Waals surface area contributed by atoms with Crippen LogP contribution in [-0.2, 0) is 16.0 Å². The van der Waals surface area contributed by atoms with Crippen molar-refractivity contribution in [2.24, 2.45) is 0 Å². The van der Waals surface area contributed by atoms with E-state index in [1.165, 1.54) is 5.56 Å². The minimum Gasteiger partial charge on any atom is -0.353 e. The summed E-state index contributed by atoms with van der Waals surface area (Å²) in [5, 5.41) is 2.73. The zero-order valence-electron chi connectivity index (χ0n) is 9.48. The lowest BCUT2D eigenvalue weighted by Crippen LogP contribution is -2.52. The van der Waals surface area contributed by atoms with Crippen molar-refractivity contribution in [3.63, 3.8) is 0 Å². The summed E-state index contributed by atoms with van der Waals surface area (Å²) in [6, 6.07) is 8.02. The SMILES string of the molecule is O=C1CN(C(=O)C2Cc3ccccc32)CCN1. The van der Waals surface area contributed by atoms with Crippen molar-refractivity contribution in [2.45, 2.75) is 12.3 Å². The first-order valence-corrected chi connectivity index (χ1v) is 5.89. The Balaban J connectivity index is 1.74. The van der Waals surface area contributed by atoms with Gasteiger partial charge in [-0.25, -0.2) is 0 Å². The largest absolute Gasteiger partial charge is 0.353 e. The summed E-state index contributed by atoms with van der Waals surface area (Å²) in [7, 11) is 0. The molecule has 0 aromatic heterocycles. The lowest BCUT2D eigenvalue weighted by atomic mass is 9.77. The molecule has 0 bridgehead atoms. The summed E-state index contributed by atoms with van der Waals surface area (Å²) in [6.45, 7) is 1.40. The highest BCUT2D eigenvalue weighted by Gasteiger charge is 2.35. The zero-order chi connectivity index (χ0) is 11.8. The van der Waals surface area contributed by atoms with Crippen LogP contribution in [0.1, 0.15) is 17.0 Å². The van der Waals surface area contributed by atoms with Crippen molar-refractivity contribution in [1.29, 1.82) is 0 Å². The Morgan fingerprint density at radius 3 is 2.94 bits per heavy atom. The van der Waals surface area contributed by atoms with E-state index in [1.54, 1.807) is 4.90 Å². The second-order valence-electron chi connectivity index (χ2n) is 4.57. The van der Waals surface area contributed by atoms with Crippen molar-refractivity contribution in [2.75, 3.05) is 19.6 Å². The summed E-state index contributed by atoms with van der Waals surface area (Å²) in [6.07, 6.45) is 0.813. The maximum Gasteiger partial charge on any atom is 0.239 e. The Morgan fingerprint density at radius 1 is 1.35 bits per heavy atom. The van der Waals surface area contributed by atoms with E-state index < -0.39 is 0 Å². The molecule has 1 saturated heterocycles. The van der Waals surface area contributed by atoms with Crippen LogP contribution in [0.3, 0.4) is 0 Å². The van der Waals surface area contributed by atoms with Crippen LogP contribution in [0.5, 0.6) is 0 Å². The number of hydrogen-bond acceptors (Lipinski definition) is 2. The summed E-state index contributed by atoms with van der Waals surface area (Å²) < 4.78 is 0. The Labute approximate surface area is 99.6 Å². The molecule has 1 N–H and O–H groups in total. The van der Waals surface area contributed by atoms with E-state index in [9.17, 15) is 9.59 Å².